The zero-order valence-electron chi connectivity index (χ0n) is 16.4. The molecule has 1 saturated heterocycles. The first-order chi connectivity index (χ1) is 14.4. The van der Waals surface area contributed by atoms with E-state index in [1.807, 2.05) is 0 Å². The van der Waals surface area contributed by atoms with Gasteiger partial charge in [0.2, 0.25) is 10.0 Å². The summed E-state index contributed by atoms with van der Waals surface area (Å²) in [6.07, 6.45) is 0.478. The highest BCUT2D eigenvalue weighted by Crippen LogP contribution is 2.17. The SMILES string of the molecule is O=C(CCc1ccc(F)cc1)OCC(=O)N1CCN(S(=O)(=O)c2ccccc2)CC1. The second-order valence-electron chi connectivity index (χ2n) is 6.89. The van der Waals surface area contributed by atoms with E-state index in [1.54, 1.807) is 30.3 Å². The molecule has 30 heavy (non-hydrogen) atoms. The number of esters is 1. The van der Waals surface area contributed by atoms with Crippen LogP contribution in [0.1, 0.15) is 12.0 Å². The molecule has 0 bridgehead atoms. The highest BCUT2D eigenvalue weighted by molar-refractivity contribution is 7.89. The number of hydrogen-bond acceptors (Lipinski definition) is 5. The molecule has 0 saturated carbocycles. The van der Waals surface area contributed by atoms with Gasteiger partial charge in [-0.25, -0.2) is 12.8 Å². The van der Waals surface area contributed by atoms with E-state index in [0.29, 0.717) is 6.42 Å². The number of halogens is 1. The van der Waals surface area contributed by atoms with E-state index in [-0.39, 0.29) is 55.8 Å². The molecule has 7 nitrogen and oxygen atoms in total. The van der Waals surface area contributed by atoms with Crippen LogP contribution in [0.5, 0.6) is 0 Å². The lowest BCUT2D eigenvalue weighted by Crippen LogP contribution is -2.51. The standard InChI is InChI=1S/C21H23FN2O5S/c22-18-9-6-17(7-10-18)8-11-21(26)29-16-20(25)23-12-14-24(15-13-23)30(27,28)19-4-2-1-3-5-19/h1-7,9-10H,8,11-16H2. The Kier molecular flexibility index (Phi) is 7.17. The Balaban J connectivity index is 1.42. The molecule has 3 rings (SSSR count). The van der Waals surface area contributed by atoms with E-state index in [1.165, 1.54) is 33.5 Å². The molecule has 0 unspecified atom stereocenters. The van der Waals surface area contributed by atoms with E-state index >= 15 is 0 Å². The lowest BCUT2D eigenvalue weighted by Gasteiger charge is -2.33. The average molecular weight is 434 g/mol. The topological polar surface area (TPSA) is 84.0 Å². The van der Waals surface area contributed by atoms with Crippen LogP contribution in [0, 0.1) is 5.82 Å². The smallest absolute Gasteiger partial charge is 0.306 e. The molecule has 0 spiro atoms. The Morgan fingerprint density at radius 2 is 1.57 bits per heavy atom. The molecule has 160 valence electrons. The van der Waals surface area contributed by atoms with Gasteiger partial charge in [-0.3, -0.25) is 9.59 Å². The molecular formula is C21H23FN2O5S. The Labute approximate surface area is 175 Å². The van der Waals surface area contributed by atoms with E-state index in [9.17, 15) is 22.4 Å². The molecule has 1 aliphatic rings. The van der Waals surface area contributed by atoms with Crippen LogP contribution in [0.4, 0.5) is 4.39 Å². The lowest BCUT2D eigenvalue weighted by molar-refractivity contribution is -0.152. The summed E-state index contributed by atoms with van der Waals surface area (Å²) in [6, 6.07) is 14.0. The van der Waals surface area contributed by atoms with Crippen LogP contribution < -0.4 is 0 Å². The van der Waals surface area contributed by atoms with Crippen LogP contribution in [0.3, 0.4) is 0 Å². The molecule has 0 aromatic heterocycles. The van der Waals surface area contributed by atoms with Crippen molar-refractivity contribution >= 4 is 21.9 Å². The van der Waals surface area contributed by atoms with Crippen molar-refractivity contribution in [2.45, 2.75) is 17.7 Å². The van der Waals surface area contributed by atoms with Crippen molar-refractivity contribution in [2.75, 3.05) is 32.8 Å². The van der Waals surface area contributed by atoms with Gasteiger partial charge in [0.15, 0.2) is 6.61 Å². The van der Waals surface area contributed by atoms with Crippen LogP contribution in [0.15, 0.2) is 59.5 Å². The van der Waals surface area contributed by atoms with Gasteiger partial charge < -0.3 is 9.64 Å². The van der Waals surface area contributed by atoms with Crippen LogP contribution >= 0.6 is 0 Å². The molecular weight excluding hydrogens is 411 g/mol. The monoisotopic (exact) mass is 434 g/mol. The second kappa shape index (κ2) is 9.82. The minimum Gasteiger partial charge on any atom is -0.456 e. The Bertz CT molecular complexity index is 972. The van der Waals surface area contributed by atoms with Crippen LogP contribution in [-0.2, 0) is 30.8 Å². The van der Waals surface area contributed by atoms with E-state index in [4.69, 9.17) is 4.74 Å². The summed E-state index contributed by atoms with van der Waals surface area (Å²) in [7, 11) is -3.59. The molecule has 0 aliphatic carbocycles. The zero-order valence-corrected chi connectivity index (χ0v) is 17.2. The molecule has 1 aliphatic heterocycles. The first-order valence-electron chi connectivity index (χ1n) is 9.59. The highest BCUT2D eigenvalue weighted by atomic mass is 32.2. The lowest BCUT2D eigenvalue weighted by atomic mass is 10.1. The quantitative estimate of drug-likeness (QED) is 0.621. The summed E-state index contributed by atoms with van der Waals surface area (Å²) >= 11 is 0. The third kappa shape index (κ3) is 5.64. The van der Waals surface area contributed by atoms with E-state index in [0.717, 1.165) is 5.56 Å². The van der Waals surface area contributed by atoms with Crippen molar-refractivity contribution in [3.63, 3.8) is 0 Å². The third-order valence-electron chi connectivity index (χ3n) is 4.86. The van der Waals surface area contributed by atoms with Gasteiger partial charge in [0, 0.05) is 32.6 Å². The minimum atomic E-state index is -3.59. The maximum absolute atomic E-state index is 12.9. The summed E-state index contributed by atoms with van der Waals surface area (Å²) in [5, 5.41) is 0. The molecule has 1 heterocycles. The Morgan fingerprint density at radius 1 is 0.933 bits per heavy atom. The zero-order chi connectivity index (χ0) is 21.6. The number of hydrogen-bond donors (Lipinski definition) is 0. The third-order valence-corrected chi connectivity index (χ3v) is 6.77. The normalized spacial score (nSPS) is 15.0. The first-order valence-corrected chi connectivity index (χ1v) is 11.0. The van der Waals surface area contributed by atoms with Crippen molar-refractivity contribution in [1.82, 2.24) is 9.21 Å². The van der Waals surface area contributed by atoms with Crippen molar-refractivity contribution in [2.24, 2.45) is 0 Å². The highest BCUT2D eigenvalue weighted by Gasteiger charge is 2.30. The number of carbonyl (C=O) groups is 2. The van der Waals surface area contributed by atoms with E-state index < -0.39 is 16.0 Å². The number of nitrogens with zero attached hydrogens (tertiary/aromatic N) is 2. The van der Waals surface area contributed by atoms with Gasteiger partial charge in [0.05, 0.1) is 4.90 Å². The van der Waals surface area contributed by atoms with Crippen molar-refractivity contribution in [3.05, 3.63) is 66.0 Å². The van der Waals surface area contributed by atoms with Gasteiger partial charge in [0.1, 0.15) is 5.82 Å². The van der Waals surface area contributed by atoms with Crippen molar-refractivity contribution in [1.29, 1.82) is 0 Å². The number of rotatable bonds is 7. The number of carbonyl (C=O) groups excluding carboxylic acids is 2. The molecule has 2 aromatic carbocycles. The predicted molar refractivity (Wildman–Crippen MR) is 107 cm³/mol. The number of aryl methyl sites for hydroxylation is 1. The van der Waals surface area contributed by atoms with Gasteiger partial charge in [-0.15, -0.1) is 0 Å². The molecule has 0 N–H and O–H groups in total. The van der Waals surface area contributed by atoms with Gasteiger partial charge in [0.25, 0.3) is 5.91 Å². The fourth-order valence-electron chi connectivity index (χ4n) is 3.12. The largest absolute Gasteiger partial charge is 0.456 e. The van der Waals surface area contributed by atoms with Crippen LogP contribution in [0.2, 0.25) is 0 Å². The van der Waals surface area contributed by atoms with Gasteiger partial charge in [-0.05, 0) is 36.2 Å². The number of amides is 1. The molecule has 1 fully saturated rings. The summed E-state index contributed by atoms with van der Waals surface area (Å²) < 4.78 is 44.5. The summed E-state index contributed by atoms with van der Waals surface area (Å²) in [5.74, 6) is -1.22. The predicted octanol–water partition coefficient (Wildman–Crippen LogP) is 1.83. The Morgan fingerprint density at radius 3 is 2.20 bits per heavy atom. The molecule has 1 amide bonds. The summed E-state index contributed by atoms with van der Waals surface area (Å²) in [4.78, 5) is 25.8. The second-order valence-corrected chi connectivity index (χ2v) is 8.82. The fraction of sp³-hybridized carbons (Fsp3) is 0.333. The number of piperazine rings is 1. The molecule has 2 aromatic rings. The van der Waals surface area contributed by atoms with E-state index in [2.05, 4.69) is 0 Å². The van der Waals surface area contributed by atoms with Crippen LogP contribution in [-0.4, -0.2) is 62.3 Å². The van der Waals surface area contributed by atoms with Gasteiger partial charge in [-0.1, -0.05) is 30.3 Å². The Hall–Kier alpha value is -2.78. The summed E-state index contributed by atoms with van der Waals surface area (Å²) in [6.45, 7) is 0.451. The maximum Gasteiger partial charge on any atom is 0.306 e. The fourth-order valence-corrected chi connectivity index (χ4v) is 4.57. The summed E-state index contributed by atoms with van der Waals surface area (Å²) in [5.41, 5.74) is 0.801. The maximum atomic E-state index is 12.9. The molecule has 9 heteroatoms. The van der Waals surface area contributed by atoms with Gasteiger partial charge in [-0.2, -0.15) is 4.31 Å². The molecule has 0 atom stereocenters. The van der Waals surface area contributed by atoms with Crippen molar-refractivity contribution < 1.29 is 27.1 Å². The van der Waals surface area contributed by atoms with Gasteiger partial charge >= 0.3 is 5.97 Å². The first kappa shape index (κ1) is 21.9. The number of ether oxygens (including phenoxy) is 1. The van der Waals surface area contributed by atoms with Crippen LogP contribution in [0.25, 0.3) is 0 Å². The molecule has 0 radical (unpaired) electrons. The van der Waals surface area contributed by atoms with Crippen molar-refractivity contribution in [3.8, 4) is 0 Å². The number of sulfonamides is 1. The average Bonchev–Trinajstić information content (AvgIpc) is 2.77. The minimum absolute atomic E-state index is 0.0853. The number of benzene rings is 2.